The lowest BCUT2D eigenvalue weighted by molar-refractivity contribution is -0.132. The third-order valence-electron chi connectivity index (χ3n) is 6.12. The van der Waals surface area contributed by atoms with Gasteiger partial charge in [-0.25, -0.2) is 4.39 Å². The highest BCUT2D eigenvalue weighted by atomic mass is 19.1. The van der Waals surface area contributed by atoms with Crippen molar-refractivity contribution in [2.75, 3.05) is 11.5 Å². The second kappa shape index (κ2) is 9.74. The zero-order valence-electron chi connectivity index (χ0n) is 20.2. The normalized spacial score (nSPS) is 17.3. The second-order valence-corrected chi connectivity index (χ2v) is 8.90. The van der Waals surface area contributed by atoms with Crippen LogP contribution in [0, 0.1) is 12.7 Å². The predicted molar refractivity (Wildman–Crippen MR) is 134 cm³/mol. The summed E-state index contributed by atoms with van der Waals surface area (Å²) in [6, 6.07) is 17.1. The highest BCUT2D eigenvalue weighted by Crippen LogP contribution is 2.43. The molecule has 0 saturated carbocycles. The number of benzene rings is 3. The summed E-state index contributed by atoms with van der Waals surface area (Å²) in [7, 11) is 0. The van der Waals surface area contributed by atoms with Crippen LogP contribution in [0.5, 0.6) is 5.75 Å². The number of aryl methyl sites for hydroxylation is 1. The standard InChI is InChI=1S/C29H28FNO4/c1-5-35-24-14-11-20(16-23(24)17(2)3)27(32)25-26(19-9-12-21(30)13-10-19)31(29(34)28(25)33)22-8-6-7-18(4)15-22/h6-17,26,32H,5H2,1-4H3/b27-25-. The maximum atomic E-state index is 13.7. The lowest BCUT2D eigenvalue weighted by atomic mass is 9.93. The largest absolute Gasteiger partial charge is 0.507 e. The average molecular weight is 474 g/mol. The van der Waals surface area contributed by atoms with Crippen molar-refractivity contribution in [3.63, 3.8) is 0 Å². The van der Waals surface area contributed by atoms with E-state index in [0.717, 1.165) is 11.1 Å². The molecule has 0 spiro atoms. The number of carbonyl (C=O) groups excluding carboxylic acids is 2. The monoisotopic (exact) mass is 473 g/mol. The number of aliphatic hydroxyl groups is 1. The fourth-order valence-corrected chi connectivity index (χ4v) is 4.43. The Hall–Kier alpha value is -3.93. The Kier molecular flexibility index (Phi) is 6.74. The molecule has 0 aliphatic carbocycles. The van der Waals surface area contributed by atoms with Crippen LogP contribution in [0.2, 0.25) is 0 Å². The molecule has 1 heterocycles. The van der Waals surface area contributed by atoms with Crippen molar-refractivity contribution in [3.8, 4) is 5.75 Å². The smallest absolute Gasteiger partial charge is 0.300 e. The summed E-state index contributed by atoms with van der Waals surface area (Å²) in [6.45, 7) is 8.30. The van der Waals surface area contributed by atoms with E-state index in [0.29, 0.717) is 29.2 Å². The first-order valence-electron chi connectivity index (χ1n) is 11.6. The number of rotatable bonds is 6. The Morgan fingerprint density at radius 1 is 1.06 bits per heavy atom. The van der Waals surface area contributed by atoms with Crippen molar-refractivity contribution in [2.24, 2.45) is 0 Å². The Morgan fingerprint density at radius 2 is 1.77 bits per heavy atom. The van der Waals surface area contributed by atoms with Crippen LogP contribution >= 0.6 is 0 Å². The molecule has 6 heteroatoms. The molecule has 1 unspecified atom stereocenters. The van der Waals surface area contributed by atoms with Gasteiger partial charge in [0.25, 0.3) is 11.7 Å². The molecule has 1 N–H and O–H groups in total. The molecule has 35 heavy (non-hydrogen) atoms. The third kappa shape index (κ3) is 4.56. The van der Waals surface area contributed by atoms with Crippen molar-refractivity contribution in [2.45, 2.75) is 39.7 Å². The molecular weight excluding hydrogens is 445 g/mol. The number of amides is 1. The van der Waals surface area contributed by atoms with Gasteiger partial charge in [0.1, 0.15) is 17.3 Å². The van der Waals surface area contributed by atoms with Gasteiger partial charge in [0, 0.05) is 11.3 Å². The van der Waals surface area contributed by atoms with Crippen LogP contribution in [0.15, 0.2) is 72.3 Å². The number of nitrogens with zero attached hydrogens (tertiary/aromatic N) is 1. The van der Waals surface area contributed by atoms with Crippen LogP contribution in [0.25, 0.3) is 5.76 Å². The number of aliphatic hydroxyl groups excluding tert-OH is 1. The van der Waals surface area contributed by atoms with E-state index in [2.05, 4.69) is 0 Å². The third-order valence-corrected chi connectivity index (χ3v) is 6.12. The number of ketones is 1. The lowest BCUT2D eigenvalue weighted by Crippen LogP contribution is -2.29. The van der Waals surface area contributed by atoms with Crippen LogP contribution in [-0.2, 0) is 9.59 Å². The highest BCUT2D eigenvalue weighted by molar-refractivity contribution is 6.51. The van der Waals surface area contributed by atoms with Crippen LogP contribution in [0.4, 0.5) is 10.1 Å². The molecule has 5 nitrogen and oxygen atoms in total. The van der Waals surface area contributed by atoms with Gasteiger partial charge in [0.2, 0.25) is 0 Å². The number of carbonyl (C=O) groups is 2. The first-order chi connectivity index (χ1) is 16.7. The Bertz CT molecular complexity index is 1310. The van der Waals surface area contributed by atoms with Crippen LogP contribution in [0.1, 0.15) is 55.0 Å². The molecule has 1 aliphatic rings. The maximum absolute atomic E-state index is 13.7. The predicted octanol–water partition coefficient (Wildman–Crippen LogP) is 6.28. The zero-order chi connectivity index (χ0) is 25.3. The van der Waals surface area contributed by atoms with Gasteiger partial charge in [-0.05, 0) is 78.9 Å². The van der Waals surface area contributed by atoms with Gasteiger partial charge < -0.3 is 9.84 Å². The van der Waals surface area contributed by atoms with E-state index in [4.69, 9.17) is 4.74 Å². The van der Waals surface area contributed by atoms with E-state index in [9.17, 15) is 19.1 Å². The number of halogens is 1. The molecule has 0 bridgehead atoms. The van der Waals surface area contributed by atoms with Crippen molar-refractivity contribution in [3.05, 3.63) is 100 Å². The fourth-order valence-electron chi connectivity index (χ4n) is 4.43. The molecule has 1 saturated heterocycles. The van der Waals surface area contributed by atoms with Gasteiger partial charge in [-0.1, -0.05) is 38.1 Å². The van der Waals surface area contributed by atoms with Crippen LogP contribution in [0.3, 0.4) is 0 Å². The Morgan fingerprint density at radius 3 is 2.40 bits per heavy atom. The van der Waals surface area contributed by atoms with E-state index in [-0.39, 0.29) is 17.3 Å². The number of hydrogen-bond acceptors (Lipinski definition) is 4. The molecule has 4 rings (SSSR count). The summed E-state index contributed by atoms with van der Waals surface area (Å²) in [5, 5.41) is 11.4. The molecule has 0 aromatic heterocycles. The molecule has 3 aromatic carbocycles. The minimum atomic E-state index is -0.911. The Balaban J connectivity index is 1.93. The second-order valence-electron chi connectivity index (χ2n) is 8.90. The van der Waals surface area contributed by atoms with Gasteiger partial charge in [-0.2, -0.15) is 0 Å². The highest BCUT2D eigenvalue weighted by Gasteiger charge is 2.47. The lowest BCUT2D eigenvalue weighted by Gasteiger charge is -2.26. The van der Waals surface area contributed by atoms with Gasteiger partial charge >= 0.3 is 0 Å². The summed E-state index contributed by atoms with van der Waals surface area (Å²) in [5.74, 6) is -1.45. The minimum Gasteiger partial charge on any atom is -0.507 e. The number of anilines is 1. The van der Waals surface area contributed by atoms with E-state index in [1.165, 1.54) is 29.2 Å². The molecule has 1 fully saturated rings. The summed E-state index contributed by atoms with van der Waals surface area (Å²) in [5.41, 5.74) is 3.20. The van der Waals surface area contributed by atoms with Gasteiger partial charge in [0.15, 0.2) is 0 Å². The molecule has 1 amide bonds. The summed E-state index contributed by atoms with van der Waals surface area (Å²) in [6.07, 6.45) is 0. The van der Waals surface area contributed by atoms with E-state index < -0.39 is 23.5 Å². The van der Waals surface area contributed by atoms with E-state index in [1.54, 1.807) is 36.4 Å². The van der Waals surface area contributed by atoms with Gasteiger partial charge in [0.05, 0.1) is 18.2 Å². The van der Waals surface area contributed by atoms with Crippen molar-refractivity contribution >= 4 is 23.1 Å². The van der Waals surface area contributed by atoms with E-state index in [1.807, 2.05) is 33.8 Å². The van der Waals surface area contributed by atoms with Gasteiger partial charge in [-0.3, -0.25) is 14.5 Å². The quantitative estimate of drug-likeness (QED) is 0.260. The fraction of sp³-hybridized carbons (Fsp3) is 0.241. The number of ether oxygens (including phenoxy) is 1. The molecule has 3 aromatic rings. The van der Waals surface area contributed by atoms with Crippen molar-refractivity contribution < 1.29 is 23.8 Å². The van der Waals surface area contributed by atoms with Crippen molar-refractivity contribution in [1.82, 2.24) is 0 Å². The summed E-state index contributed by atoms with van der Waals surface area (Å²) in [4.78, 5) is 28.0. The minimum absolute atomic E-state index is 0.0398. The summed E-state index contributed by atoms with van der Waals surface area (Å²) < 4.78 is 19.4. The maximum Gasteiger partial charge on any atom is 0.300 e. The average Bonchev–Trinajstić information content (AvgIpc) is 3.10. The molecule has 180 valence electrons. The Labute approximate surface area is 204 Å². The molecule has 1 aliphatic heterocycles. The van der Waals surface area contributed by atoms with Crippen LogP contribution in [-0.4, -0.2) is 23.4 Å². The van der Waals surface area contributed by atoms with Crippen LogP contribution < -0.4 is 9.64 Å². The van der Waals surface area contributed by atoms with Crippen molar-refractivity contribution in [1.29, 1.82) is 0 Å². The SMILES string of the molecule is CCOc1ccc(/C(O)=C2/C(=O)C(=O)N(c3cccc(C)c3)C2c2ccc(F)cc2)cc1C(C)C. The molecule has 1 atom stereocenters. The van der Waals surface area contributed by atoms with Gasteiger partial charge in [-0.15, -0.1) is 0 Å². The number of Topliss-reactive ketones (excluding diaryl/α,β-unsaturated/α-hetero) is 1. The number of hydrogen-bond donors (Lipinski definition) is 1. The van der Waals surface area contributed by atoms with E-state index >= 15 is 0 Å². The molecular formula is C29H28FNO4. The summed E-state index contributed by atoms with van der Waals surface area (Å²) >= 11 is 0. The first kappa shape index (κ1) is 24.2. The first-order valence-corrected chi connectivity index (χ1v) is 11.6. The topological polar surface area (TPSA) is 66.8 Å². The molecule has 0 radical (unpaired) electrons. The zero-order valence-corrected chi connectivity index (χ0v) is 20.2.